The minimum Gasteiger partial charge on any atom is -0.365 e. The summed E-state index contributed by atoms with van der Waals surface area (Å²) in [6, 6.07) is 2.89. The molecule has 2 rings (SSSR count). The number of nitrogens with one attached hydrogen (secondary N) is 2. The summed E-state index contributed by atoms with van der Waals surface area (Å²) in [6.07, 6.45) is 2.05. The molecule has 1 aliphatic rings. The number of hydrogen-bond donors (Lipinski definition) is 2. The summed E-state index contributed by atoms with van der Waals surface area (Å²) < 4.78 is 26.7. The maximum Gasteiger partial charge on any atom is 0.256 e. The molecule has 1 amide bonds. The lowest BCUT2D eigenvalue weighted by atomic mass is 10.0. The summed E-state index contributed by atoms with van der Waals surface area (Å²) in [4.78, 5) is 16.7. The third-order valence-electron chi connectivity index (χ3n) is 4.16. The Labute approximate surface area is 146 Å². The number of allylic oxidation sites excluding steroid dienone is 1. The number of hydrogen-bond acceptors (Lipinski definition) is 3. The van der Waals surface area contributed by atoms with Crippen LogP contribution in [0.5, 0.6) is 0 Å². The van der Waals surface area contributed by atoms with Crippen molar-refractivity contribution in [2.75, 3.05) is 5.32 Å². The van der Waals surface area contributed by atoms with Gasteiger partial charge in [0.25, 0.3) is 5.91 Å². The molecule has 6 heteroatoms. The van der Waals surface area contributed by atoms with E-state index in [0.29, 0.717) is 17.0 Å². The summed E-state index contributed by atoms with van der Waals surface area (Å²) in [5, 5.41) is 5.85. The number of carbonyl (C=O) groups excluding carboxylic acids is 1. The SMILES string of the molecule is C=N/C(NC1(C)CC1)=C(\C)C(C(=O)Nc1cc(F)cc(F)c1)=C(C)C. The van der Waals surface area contributed by atoms with Crippen molar-refractivity contribution in [3.63, 3.8) is 0 Å². The molecule has 2 N–H and O–H groups in total. The first-order valence-corrected chi connectivity index (χ1v) is 8.06. The summed E-state index contributed by atoms with van der Waals surface area (Å²) >= 11 is 0. The van der Waals surface area contributed by atoms with Crippen LogP contribution in [0.4, 0.5) is 14.5 Å². The Balaban J connectivity index is 2.32. The highest BCUT2D eigenvalue weighted by Gasteiger charge is 2.38. The van der Waals surface area contributed by atoms with Crippen LogP contribution < -0.4 is 10.6 Å². The van der Waals surface area contributed by atoms with Gasteiger partial charge in [-0.2, -0.15) is 0 Å². The molecule has 0 radical (unpaired) electrons. The van der Waals surface area contributed by atoms with Crippen LogP contribution in [-0.2, 0) is 4.79 Å². The quantitative estimate of drug-likeness (QED) is 0.458. The zero-order chi connectivity index (χ0) is 18.8. The Morgan fingerprint density at radius 1 is 1.16 bits per heavy atom. The number of rotatable bonds is 6. The summed E-state index contributed by atoms with van der Waals surface area (Å²) in [5.41, 5.74) is 1.84. The van der Waals surface area contributed by atoms with Crippen LogP contribution in [0.2, 0.25) is 0 Å². The van der Waals surface area contributed by atoms with Gasteiger partial charge >= 0.3 is 0 Å². The van der Waals surface area contributed by atoms with E-state index in [-0.39, 0.29) is 11.2 Å². The van der Waals surface area contributed by atoms with Crippen LogP contribution in [0.3, 0.4) is 0 Å². The monoisotopic (exact) mass is 347 g/mol. The standard InChI is InChI=1S/C19H23F2N3O/c1-11(2)16(12(3)17(22-5)24-19(4)6-7-19)18(25)23-15-9-13(20)8-14(21)10-15/h8-10,24H,5-7H2,1-4H3,(H,23,25)/b17-12-. The van der Waals surface area contributed by atoms with Gasteiger partial charge in [0.2, 0.25) is 0 Å². The molecule has 25 heavy (non-hydrogen) atoms. The highest BCUT2D eigenvalue weighted by atomic mass is 19.1. The third kappa shape index (κ3) is 4.75. The molecular weight excluding hydrogens is 324 g/mol. The van der Waals surface area contributed by atoms with Crippen LogP contribution in [0.15, 0.2) is 45.7 Å². The number of anilines is 1. The molecule has 0 saturated heterocycles. The van der Waals surface area contributed by atoms with Gasteiger partial charge < -0.3 is 10.6 Å². The van der Waals surface area contributed by atoms with E-state index in [0.717, 1.165) is 36.6 Å². The van der Waals surface area contributed by atoms with Gasteiger partial charge in [-0.15, -0.1) is 0 Å². The number of carbonyl (C=O) groups is 1. The fraction of sp³-hybridized carbons (Fsp3) is 0.368. The normalized spacial score (nSPS) is 15.8. The number of amides is 1. The van der Waals surface area contributed by atoms with Gasteiger partial charge in [-0.1, -0.05) is 5.57 Å². The molecule has 0 spiro atoms. The van der Waals surface area contributed by atoms with E-state index in [1.165, 1.54) is 0 Å². The maximum atomic E-state index is 13.3. The van der Waals surface area contributed by atoms with Gasteiger partial charge in [0, 0.05) is 28.4 Å². The Kier molecular flexibility index (Phi) is 5.40. The molecule has 1 fully saturated rings. The van der Waals surface area contributed by atoms with Crippen molar-refractivity contribution in [3.8, 4) is 0 Å². The number of nitrogens with zero attached hydrogens (tertiary/aromatic N) is 1. The van der Waals surface area contributed by atoms with Gasteiger partial charge in [0.05, 0.1) is 0 Å². The van der Waals surface area contributed by atoms with Crippen molar-refractivity contribution in [1.29, 1.82) is 0 Å². The molecular formula is C19H23F2N3O. The van der Waals surface area contributed by atoms with Gasteiger partial charge in [0.1, 0.15) is 17.5 Å². The first kappa shape index (κ1) is 18.8. The molecule has 0 atom stereocenters. The molecule has 0 unspecified atom stereocenters. The zero-order valence-corrected chi connectivity index (χ0v) is 15.0. The highest BCUT2D eigenvalue weighted by molar-refractivity contribution is 6.07. The van der Waals surface area contributed by atoms with E-state index < -0.39 is 17.5 Å². The predicted molar refractivity (Wildman–Crippen MR) is 96.4 cm³/mol. The average molecular weight is 347 g/mol. The molecule has 1 aliphatic carbocycles. The van der Waals surface area contributed by atoms with E-state index >= 15 is 0 Å². The van der Waals surface area contributed by atoms with E-state index in [4.69, 9.17) is 0 Å². The van der Waals surface area contributed by atoms with Crippen molar-refractivity contribution in [1.82, 2.24) is 5.32 Å². The van der Waals surface area contributed by atoms with Gasteiger partial charge in [-0.25, -0.2) is 13.8 Å². The van der Waals surface area contributed by atoms with Crippen LogP contribution in [0.25, 0.3) is 0 Å². The molecule has 1 aromatic rings. The lowest BCUT2D eigenvalue weighted by Gasteiger charge is -2.18. The molecule has 1 saturated carbocycles. The van der Waals surface area contributed by atoms with Gasteiger partial charge in [-0.3, -0.25) is 4.79 Å². The smallest absolute Gasteiger partial charge is 0.256 e. The number of benzene rings is 1. The average Bonchev–Trinajstić information content (AvgIpc) is 3.21. The molecule has 4 nitrogen and oxygen atoms in total. The molecule has 0 aromatic heterocycles. The van der Waals surface area contributed by atoms with Gasteiger partial charge in [0.15, 0.2) is 0 Å². The lowest BCUT2D eigenvalue weighted by Crippen LogP contribution is -2.28. The third-order valence-corrected chi connectivity index (χ3v) is 4.16. The highest BCUT2D eigenvalue weighted by Crippen LogP contribution is 2.36. The van der Waals surface area contributed by atoms with Crippen LogP contribution >= 0.6 is 0 Å². The second kappa shape index (κ2) is 7.17. The molecule has 0 bridgehead atoms. The van der Waals surface area contributed by atoms with Crippen molar-refractivity contribution in [3.05, 3.63) is 52.4 Å². The Hall–Kier alpha value is -2.50. The van der Waals surface area contributed by atoms with Crippen LogP contribution in [0.1, 0.15) is 40.5 Å². The van der Waals surface area contributed by atoms with E-state index in [2.05, 4.69) is 29.3 Å². The van der Waals surface area contributed by atoms with E-state index in [1.807, 2.05) is 0 Å². The van der Waals surface area contributed by atoms with Gasteiger partial charge in [-0.05, 0) is 59.4 Å². The minimum atomic E-state index is -0.752. The second-order valence-corrected chi connectivity index (χ2v) is 6.80. The predicted octanol–water partition coefficient (Wildman–Crippen LogP) is 4.31. The second-order valence-electron chi connectivity index (χ2n) is 6.80. The van der Waals surface area contributed by atoms with Crippen molar-refractivity contribution < 1.29 is 13.6 Å². The Bertz CT molecular complexity index is 753. The summed E-state index contributed by atoms with van der Waals surface area (Å²) in [7, 11) is 0. The fourth-order valence-corrected chi connectivity index (χ4v) is 2.56. The number of aliphatic imine (C=N–C) groups is 1. The first-order valence-electron chi connectivity index (χ1n) is 8.06. The topological polar surface area (TPSA) is 53.5 Å². The van der Waals surface area contributed by atoms with Crippen molar-refractivity contribution >= 4 is 18.3 Å². The first-order chi connectivity index (χ1) is 11.6. The van der Waals surface area contributed by atoms with Crippen LogP contribution in [0, 0.1) is 11.6 Å². The van der Waals surface area contributed by atoms with E-state index in [9.17, 15) is 13.6 Å². The molecule has 0 aliphatic heterocycles. The molecule has 0 heterocycles. The molecule has 1 aromatic carbocycles. The lowest BCUT2D eigenvalue weighted by molar-refractivity contribution is -0.112. The maximum absolute atomic E-state index is 13.3. The largest absolute Gasteiger partial charge is 0.365 e. The molecule has 134 valence electrons. The minimum absolute atomic E-state index is 0.0211. The Morgan fingerprint density at radius 3 is 2.16 bits per heavy atom. The summed E-state index contributed by atoms with van der Waals surface area (Å²) in [5.74, 6) is -1.42. The van der Waals surface area contributed by atoms with Crippen LogP contribution in [-0.4, -0.2) is 18.2 Å². The fourth-order valence-electron chi connectivity index (χ4n) is 2.56. The number of halogens is 2. The van der Waals surface area contributed by atoms with Crippen molar-refractivity contribution in [2.24, 2.45) is 4.99 Å². The zero-order valence-electron chi connectivity index (χ0n) is 15.0. The van der Waals surface area contributed by atoms with E-state index in [1.54, 1.807) is 20.8 Å². The Morgan fingerprint density at radius 2 is 1.72 bits per heavy atom. The van der Waals surface area contributed by atoms with Crippen molar-refractivity contribution in [2.45, 2.75) is 46.1 Å². The summed E-state index contributed by atoms with van der Waals surface area (Å²) in [6.45, 7) is 11.0.